The molecular formula is C14H23NO2. The summed E-state index contributed by atoms with van der Waals surface area (Å²) in [5, 5.41) is 20.3. The third kappa shape index (κ3) is 3.20. The fraction of sp³-hybridized carbons (Fsp3) is 0.571. The van der Waals surface area contributed by atoms with Gasteiger partial charge in [-0.3, -0.25) is 0 Å². The lowest BCUT2D eigenvalue weighted by Crippen LogP contribution is -2.38. The normalized spacial score (nSPS) is 16.8. The zero-order valence-corrected chi connectivity index (χ0v) is 11.1. The van der Waals surface area contributed by atoms with Gasteiger partial charge in [0.1, 0.15) is 5.75 Å². The van der Waals surface area contributed by atoms with Crippen LogP contribution in [0.2, 0.25) is 0 Å². The first kappa shape index (κ1) is 14.0. The monoisotopic (exact) mass is 237 g/mol. The van der Waals surface area contributed by atoms with Gasteiger partial charge in [0.15, 0.2) is 0 Å². The van der Waals surface area contributed by atoms with Crippen molar-refractivity contribution in [2.75, 3.05) is 20.6 Å². The molecule has 1 aromatic rings. The molecule has 0 fully saturated rings. The third-order valence-electron chi connectivity index (χ3n) is 3.34. The number of aliphatic hydroxyl groups is 1. The van der Waals surface area contributed by atoms with E-state index < -0.39 is 5.60 Å². The molecule has 0 aromatic heterocycles. The highest BCUT2D eigenvalue weighted by Crippen LogP contribution is 2.34. The van der Waals surface area contributed by atoms with Gasteiger partial charge in [-0.1, -0.05) is 26.0 Å². The highest BCUT2D eigenvalue weighted by Gasteiger charge is 2.34. The molecule has 0 aliphatic heterocycles. The Morgan fingerprint density at radius 2 is 2.00 bits per heavy atom. The minimum atomic E-state index is -0.886. The summed E-state index contributed by atoms with van der Waals surface area (Å²) >= 11 is 0. The van der Waals surface area contributed by atoms with E-state index in [2.05, 4.69) is 4.90 Å². The maximum atomic E-state index is 10.8. The van der Waals surface area contributed by atoms with Crippen molar-refractivity contribution in [1.29, 1.82) is 0 Å². The van der Waals surface area contributed by atoms with Crippen LogP contribution in [0.3, 0.4) is 0 Å². The average Bonchev–Trinajstić information content (AvgIpc) is 2.27. The van der Waals surface area contributed by atoms with Gasteiger partial charge < -0.3 is 15.1 Å². The number of hydrogen-bond acceptors (Lipinski definition) is 3. The number of nitrogens with zero attached hydrogens (tertiary/aromatic N) is 1. The molecule has 0 amide bonds. The van der Waals surface area contributed by atoms with Crippen LogP contribution in [0, 0.1) is 5.92 Å². The second-order valence-corrected chi connectivity index (χ2v) is 4.99. The van der Waals surface area contributed by atoms with E-state index in [-0.39, 0.29) is 11.7 Å². The Morgan fingerprint density at radius 1 is 1.35 bits per heavy atom. The standard InChI is InChI=1S/C14H23NO2/c1-5-14(17,11(2)10-15(3)4)12-7-6-8-13(16)9-12/h6-9,11,16-17H,5,10H2,1-4H3/t11-,14+/m0/s1. The number of rotatable bonds is 5. The fourth-order valence-electron chi connectivity index (χ4n) is 2.31. The molecule has 0 bridgehead atoms. The van der Waals surface area contributed by atoms with Crippen molar-refractivity contribution >= 4 is 0 Å². The van der Waals surface area contributed by atoms with E-state index in [0.29, 0.717) is 6.42 Å². The number of phenolic OH excluding ortho intramolecular Hbond substituents is 1. The number of aromatic hydroxyl groups is 1. The van der Waals surface area contributed by atoms with Crippen LogP contribution in [-0.4, -0.2) is 35.8 Å². The van der Waals surface area contributed by atoms with E-state index in [1.807, 2.05) is 34.0 Å². The van der Waals surface area contributed by atoms with Crippen molar-refractivity contribution in [3.8, 4) is 5.75 Å². The second kappa shape index (κ2) is 5.52. The second-order valence-electron chi connectivity index (χ2n) is 4.99. The Balaban J connectivity index is 3.02. The summed E-state index contributed by atoms with van der Waals surface area (Å²) in [5.41, 5.74) is -0.0995. The van der Waals surface area contributed by atoms with Crippen molar-refractivity contribution in [2.24, 2.45) is 5.92 Å². The molecule has 0 spiro atoms. The molecule has 3 heteroatoms. The van der Waals surface area contributed by atoms with E-state index in [9.17, 15) is 10.2 Å². The van der Waals surface area contributed by atoms with Crippen LogP contribution < -0.4 is 0 Å². The Hall–Kier alpha value is -1.06. The predicted molar refractivity (Wildman–Crippen MR) is 70.0 cm³/mol. The first-order valence-electron chi connectivity index (χ1n) is 6.06. The average molecular weight is 237 g/mol. The number of phenols is 1. The van der Waals surface area contributed by atoms with Gasteiger partial charge in [-0.05, 0) is 38.2 Å². The Morgan fingerprint density at radius 3 is 2.47 bits per heavy atom. The highest BCUT2D eigenvalue weighted by molar-refractivity contribution is 5.31. The molecule has 0 heterocycles. The first-order valence-corrected chi connectivity index (χ1v) is 6.06. The summed E-state index contributed by atoms with van der Waals surface area (Å²) < 4.78 is 0. The molecule has 1 aromatic carbocycles. The molecule has 3 nitrogen and oxygen atoms in total. The van der Waals surface area contributed by atoms with Gasteiger partial charge in [-0.25, -0.2) is 0 Å². The predicted octanol–water partition coefficient (Wildman–Crippen LogP) is 2.19. The summed E-state index contributed by atoms with van der Waals surface area (Å²) in [7, 11) is 3.99. The Bertz CT molecular complexity index is 365. The van der Waals surface area contributed by atoms with Gasteiger partial charge in [0.25, 0.3) is 0 Å². The SMILES string of the molecule is CC[C@](O)(c1cccc(O)c1)[C@@H](C)CN(C)C. The van der Waals surface area contributed by atoms with Crippen molar-refractivity contribution in [1.82, 2.24) is 4.90 Å². The lowest BCUT2D eigenvalue weighted by Gasteiger charge is -2.35. The van der Waals surface area contributed by atoms with Gasteiger partial charge in [-0.15, -0.1) is 0 Å². The van der Waals surface area contributed by atoms with Crippen molar-refractivity contribution in [2.45, 2.75) is 25.9 Å². The van der Waals surface area contributed by atoms with Crippen molar-refractivity contribution in [3.05, 3.63) is 29.8 Å². The quantitative estimate of drug-likeness (QED) is 0.825. The molecule has 0 saturated carbocycles. The maximum absolute atomic E-state index is 10.8. The summed E-state index contributed by atoms with van der Waals surface area (Å²) in [6.07, 6.45) is 0.630. The third-order valence-corrected chi connectivity index (χ3v) is 3.34. The summed E-state index contributed by atoms with van der Waals surface area (Å²) in [6, 6.07) is 6.91. The summed E-state index contributed by atoms with van der Waals surface area (Å²) in [4.78, 5) is 2.06. The van der Waals surface area contributed by atoms with Crippen LogP contribution in [0.25, 0.3) is 0 Å². The highest BCUT2D eigenvalue weighted by atomic mass is 16.3. The van der Waals surface area contributed by atoms with E-state index in [4.69, 9.17) is 0 Å². The molecule has 96 valence electrons. The molecule has 17 heavy (non-hydrogen) atoms. The molecule has 0 aliphatic rings. The molecule has 0 unspecified atom stereocenters. The van der Waals surface area contributed by atoms with E-state index >= 15 is 0 Å². The molecular weight excluding hydrogens is 214 g/mol. The minimum absolute atomic E-state index is 0.101. The van der Waals surface area contributed by atoms with Gasteiger partial charge in [0.2, 0.25) is 0 Å². The zero-order chi connectivity index (χ0) is 13.1. The van der Waals surface area contributed by atoms with Gasteiger partial charge in [0, 0.05) is 12.5 Å². The summed E-state index contributed by atoms with van der Waals surface area (Å²) in [6.45, 7) is 4.81. The van der Waals surface area contributed by atoms with Crippen LogP contribution in [0.4, 0.5) is 0 Å². The largest absolute Gasteiger partial charge is 0.508 e. The van der Waals surface area contributed by atoms with Crippen LogP contribution in [0.5, 0.6) is 5.75 Å². The Kier molecular flexibility index (Phi) is 4.54. The van der Waals surface area contributed by atoms with Crippen LogP contribution >= 0.6 is 0 Å². The van der Waals surface area contributed by atoms with Gasteiger partial charge in [-0.2, -0.15) is 0 Å². The van der Waals surface area contributed by atoms with Crippen molar-refractivity contribution in [3.63, 3.8) is 0 Å². The van der Waals surface area contributed by atoms with Crippen LogP contribution in [-0.2, 0) is 5.60 Å². The van der Waals surface area contributed by atoms with E-state index in [1.165, 1.54) is 0 Å². The van der Waals surface area contributed by atoms with Crippen LogP contribution in [0.1, 0.15) is 25.8 Å². The minimum Gasteiger partial charge on any atom is -0.508 e. The van der Waals surface area contributed by atoms with Crippen molar-refractivity contribution < 1.29 is 10.2 Å². The zero-order valence-electron chi connectivity index (χ0n) is 11.1. The smallest absolute Gasteiger partial charge is 0.115 e. The topological polar surface area (TPSA) is 43.7 Å². The molecule has 1 rings (SSSR count). The van der Waals surface area contributed by atoms with E-state index in [1.54, 1.807) is 18.2 Å². The molecule has 0 radical (unpaired) electrons. The van der Waals surface area contributed by atoms with Gasteiger partial charge in [0.05, 0.1) is 5.60 Å². The lowest BCUT2D eigenvalue weighted by molar-refractivity contribution is -0.0293. The summed E-state index contributed by atoms with van der Waals surface area (Å²) in [5.74, 6) is 0.302. The molecule has 0 aliphatic carbocycles. The van der Waals surface area contributed by atoms with Gasteiger partial charge >= 0.3 is 0 Å². The molecule has 2 N–H and O–H groups in total. The fourth-order valence-corrected chi connectivity index (χ4v) is 2.31. The lowest BCUT2D eigenvalue weighted by atomic mass is 9.80. The Labute approximate surface area is 104 Å². The molecule has 0 saturated heterocycles. The molecule has 2 atom stereocenters. The number of hydrogen-bond donors (Lipinski definition) is 2. The first-order chi connectivity index (χ1) is 7.90. The van der Waals surface area contributed by atoms with E-state index in [0.717, 1.165) is 12.1 Å². The maximum Gasteiger partial charge on any atom is 0.115 e. The van der Waals surface area contributed by atoms with Crippen LogP contribution in [0.15, 0.2) is 24.3 Å². The number of benzene rings is 1.